The van der Waals surface area contributed by atoms with Crippen molar-refractivity contribution in [3.8, 4) is 0 Å². The predicted molar refractivity (Wildman–Crippen MR) is 94.3 cm³/mol. The Morgan fingerprint density at radius 2 is 1.79 bits per heavy atom. The van der Waals surface area contributed by atoms with E-state index in [2.05, 4.69) is 4.90 Å². The number of benzene rings is 2. The molecule has 0 radical (unpaired) electrons. The van der Waals surface area contributed by atoms with Crippen molar-refractivity contribution in [3.63, 3.8) is 0 Å². The van der Waals surface area contributed by atoms with Crippen LogP contribution in [0.2, 0.25) is 0 Å². The number of rotatable bonds is 5. The molecule has 0 bridgehead atoms. The van der Waals surface area contributed by atoms with Crippen LogP contribution in [0.4, 0.5) is 0 Å². The number of carboxylic acid groups (broad SMARTS) is 1. The van der Waals surface area contributed by atoms with Crippen LogP contribution in [-0.2, 0) is 4.79 Å². The molecule has 1 saturated heterocycles. The molecule has 3 rings (SSSR count). The number of fused-ring (bicyclic) bond motifs is 1. The molecular formula is C20H23NO3. The molecule has 0 aromatic heterocycles. The second kappa shape index (κ2) is 7.14. The summed E-state index contributed by atoms with van der Waals surface area (Å²) in [7, 11) is 0. The third-order valence-electron chi connectivity index (χ3n) is 5.04. The summed E-state index contributed by atoms with van der Waals surface area (Å²) in [5.41, 5.74) is 0.737. The van der Waals surface area contributed by atoms with Gasteiger partial charge in [0.1, 0.15) is 0 Å². The number of carbonyl (C=O) groups excluding carboxylic acids is 1. The van der Waals surface area contributed by atoms with Gasteiger partial charge in [0.25, 0.3) is 0 Å². The van der Waals surface area contributed by atoms with E-state index in [0.29, 0.717) is 25.9 Å². The van der Waals surface area contributed by atoms with Crippen molar-refractivity contribution < 1.29 is 14.7 Å². The molecule has 1 fully saturated rings. The van der Waals surface area contributed by atoms with Crippen LogP contribution in [0.5, 0.6) is 0 Å². The molecule has 4 nitrogen and oxygen atoms in total. The quantitative estimate of drug-likeness (QED) is 0.853. The highest BCUT2D eigenvalue weighted by Gasteiger charge is 2.31. The molecule has 1 aliphatic rings. The largest absolute Gasteiger partial charge is 0.481 e. The van der Waals surface area contributed by atoms with Crippen molar-refractivity contribution in [2.75, 3.05) is 13.1 Å². The highest BCUT2D eigenvalue weighted by Crippen LogP contribution is 2.23. The molecule has 0 spiro atoms. The topological polar surface area (TPSA) is 57.6 Å². The van der Waals surface area contributed by atoms with Gasteiger partial charge in [-0.3, -0.25) is 14.5 Å². The fourth-order valence-electron chi connectivity index (χ4n) is 3.60. The number of nitrogens with zero attached hydrogens (tertiary/aromatic N) is 1. The van der Waals surface area contributed by atoms with Gasteiger partial charge in [0.15, 0.2) is 5.78 Å². The van der Waals surface area contributed by atoms with Gasteiger partial charge in [-0.1, -0.05) is 43.3 Å². The van der Waals surface area contributed by atoms with Crippen LogP contribution in [0.3, 0.4) is 0 Å². The van der Waals surface area contributed by atoms with Gasteiger partial charge >= 0.3 is 5.97 Å². The first kappa shape index (κ1) is 16.7. The van der Waals surface area contributed by atoms with Crippen LogP contribution >= 0.6 is 0 Å². The number of hydrogen-bond acceptors (Lipinski definition) is 3. The second-order valence-corrected chi connectivity index (χ2v) is 6.50. The van der Waals surface area contributed by atoms with Gasteiger partial charge in [-0.05, 0) is 49.2 Å². The lowest BCUT2D eigenvalue weighted by Crippen LogP contribution is -2.46. The van der Waals surface area contributed by atoms with Crippen LogP contribution in [0, 0.1) is 5.92 Å². The fraction of sp³-hybridized carbons (Fsp3) is 0.400. The van der Waals surface area contributed by atoms with Gasteiger partial charge in [-0.15, -0.1) is 0 Å². The van der Waals surface area contributed by atoms with Crippen LogP contribution < -0.4 is 0 Å². The van der Waals surface area contributed by atoms with Crippen LogP contribution in [0.1, 0.15) is 36.5 Å². The molecule has 2 aromatic rings. The third-order valence-corrected chi connectivity index (χ3v) is 5.04. The van der Waals surface area contributed by atoms with Gasteiger partial charge < -0.3 is 5.11 Å². The summed E-state index contributed by atoms with van der Waals surface area (Å²) < 4.78 is 0. The van der Waals surface area contributed by atoms with E-state index < -0.39 is 5.97 Å². The Labute approximate surface area is 142 Å². The molecule has 1 aliphatic heterocycles. The molecular weight excluding hydrogens is 302 g/mol. The number of piperidine rings is 1. The van der Waals surface area contributed by atoms with Gasteiger partial charge in [0.2, 0.25) is 0 Å². The third kappa shape index (κ3) is 3.34. The fourth-order valence-corrected chi connectivity index (χ4v) is 3.60. The average molecular weight is 325 g/mol. The maximum atomic E-state index is 13.0. The van der Waals surface area contributed by atoms with E-state index in [4.69, 9.17) is 5.11 Å². The maximum absolute atomic E-state index is 13.0. The molecule has 0 saturated carbocycles. The summed E-state index contributed by atoms with van der Waals surface area (Å²) in [6.45, 7) is 3.37. The zero-order valence-electron chi connectivity index (χ0n) is 13.9. The van der Waals surface area contributed by atoms with Gasteiger partial charge in [-0.2, -0.15) is 0 Å². The molecule has 1 atom stereocenters. The molecule has 0 aliphatic carbocycles. The molecule has 4 heteroatoms. The Morgan fingerprint density at radius 1 is 1.12 bits per heavy atom. The molecule has 0 amide bonds. The number of hydrogen-bond donors (Lipinski definition) is 1. The van der Waals surface area contributed by atoms with E-state index in [9.17, 15) is 9.59 Å². The molecule has 126 valence electrons. The van der Waals surface area contributed by atoms with Crippen molar-refractivity contribution in [3.05, 3.63) is 48.0 Å². The summed E-state index contributed by atoms with van der Waals surface area (Å²) >= 11 is 0. The van der Waals surface area contributed by atoms with Gasteiger partial charge in [0, 0.05) is 5.56 Å². The Balaban J connectivity index is 1.77. The zero-order chi connectivity index (χ0) is 17.1. The van der Waals surface area contributed by atoms with E-state index in [1.54, 1.807) is 0 Å². The van der Waals surface area contributed by atoms with Crippen LogP contribution in [0.25, 0.3) is 10.8 Å². The highest BCUT2D eigenvalue weighted by atomic mass is 16.4. The SMILES string of the molecule is CCC(C(=O)c1ccc2ccccc2c1)N1CCC(C(=O)O)CC1. The van der Waals surface area contributed by atoms with Crippen LogP contribution in [0.15, 0.2) is 42.5 Å². The van der Waals surface area contributed by atoms with Crippen molar-refractivity contribution >= 4 is 22.5 Å². The Kier molecular flexibility index (Phi) is 4.95. The smallest absolute Gasteiger partial charge is 0.306 e. The van der Waals surface area contributed by atoms with E-state index in [1.165, 1.54) is 0 Å². The minimum absolute atomic E-state index is 0.136. The number of ketones is 1. The van der Waals surface area contributed by atoms with E-state index >= 15 is 0 Å². The first-order chi connectivity index (χ1) is 11.6. The minimum atomic E-state index is -0.719. The summed E-state index contributed by atoms with van der Waals surface area (Å²) in [6.07, 6.45) is 1.98. The average Bonchev–Trinajstić information content (AvgIpc) is 2.62. The zero-order valence-corrected chi connectivity index (χ0v) is 13.9. The van der Waals surface area contributed by atoms with E-state index in [-0.39, 0.29) is 17.7 Å². The Bertz CT molecular complexity index is 747. The normalized spacial score (nSPS) is 17.7. The molecule has 24 heavy (non-hydrogen) atoms. The summed E-state index contributed by atoms with van der Waals surface area (Å²) in [5, 5.41) is 11.3. The maximum Gasteiger partial charge on any atom is 0.306 e. The summed E-state index contributed by atoms with van der Waals surface area (Å²) in [5.74, 6) is -0.852. The van der Waals surface area contributed by atoms with Gasteiger partial charge in [-0.25, -0.2) is 0 Å². The number of aliphatic carboxylic acids is 1. The monoisotopic (exact) mass is 325 g/mol. The predicted octanol–water partition coefficient (Wildman–Crippen LogP) is 3.60. The molecule has 1 N–H and O–H groups in total. The lowest BCUT2D eigenvalue weighted by molar-refractivity contribution is -0.143. The summed E-state index contributed by atoms with van der Waals surface area (Å²) in [4.78, 5) is 26.2. The first-order valence-electron chi connectivity index (χ1n) is 8.60. The standard InChI is InChI=1S/C20H23NO3/c1-2-18(21-11-9-15(10-12-21)20(23)24)19(22)17-8-7-14-5-3-4-6-16(14)13-17/h3-8,13,15,18H,2,9-12H2,1H3,(H,23,24). The number of carbonyl (C=O) groups is 2. The van der Waals surface area contributed by atoms with Crippen LogP contribution in [-0.4, -0.2) is 40.9 Å². The van der Waals surface area contributed by atoms with Crippen molar-refractivity contribution in [2.45, 2.75) is 32.2 Å². The van der Waals surface area contributed by atoms with Crippen molar-refractivity contribution in [1.82, 2.24) is 4.90 Å². The molecule has 1 unspecified atom stereocenters. The molecule has 1 heterocycles. The van der Waals surface area contributed by atoms with Gasteiger partial charge in [0.05, 0.1) is 12.0 Å². The Hall–Kier alpha value is -2.20. The van der Waals surface area contributed by atoms with Crippen molar-refractivity contribution in [1.29, 1.82) is 0 Å². The van der Waals surface area contributed by atoms with E-state index in [0.717, 1.165) is 22.8 Å². The first-order valence-corrected chi connectivity index (χ1v) is 8.60. The Morgan fingerprint density at radius 3 is 2.42 bits per heavy atom. The van der Waals surface area contributed by atoms with E-state index in [1.807, 2.05) is 49.4 Å². The lowest BCUT2D eigenvalue weighted by atomic mass is 9.92. The summed E-state index contributed by atoms with van der Waals surface area (Å²) in [6, 6.07) is 13.7. The highest BCUT2D eigenvalue weighted by molar-refractivity contribution is 6.03. The minimum Gasteiger partial charge on any atom is -0.481 e. The number of carboxylic acids is 1. The number of likely N-dealkylation sites (tertiary alicyclic amines) is 1. The number of Topliss-reactive ketones (excluding diaryl/α,β-unsaturated/α-hetero) is 1. The lowest BCUT2D eigenvalue weighted by Gasteiger charge is -2.35. The molecule has 2 aromatic carbocycles. The second-order valence-electron chi connectivity index (χ2n) is 6.50. The van der Waals surface area contributed by atoms with Crippen molar-refractivity contribution in [2.24, 2.45) is 5.92 Å².